The molecule has 0 spiro atoms. The van der Waals surface area contributed by atoms with Crippen molar-refractivity contribution >= 4 is 0 Å². The fourth-order valence-corrected chi connectivity index (χ4v) is 2.39. The van der Waals surface area contributed by atoms with Gasteiger partial charge in [0.1, 0.15) is 0 Å². The molecule has 0 saturated heterocycles. The molecule has 0 aromatic heterocycles. The third kappa shape index (κ3) is 4.31. The van der Waals surface area contributed by atoms with Crippen molar-refractivity contribution in [3.63, 3.8) is 0 Å². The van der Waals surface area contributed by atoms with E-state index in [2.05, 4.69) is 0 Å². The molecule has 2 unspecified atom stereocenters. The van der Waals surface area contributed by atoms with E-state index in [1.54, 1.807) is 0 Å². The van der Waals surface area contributed by atoms with Gasteiger partial charge in [-0.15, -0.1) is 0 Å². The smallest absolute Gasteiger partial charge is 0.251 e. The van der Waals surface area contributed by atoms with E-state index in [4.69, 9.17) is 5.11 Å². The molecule has 0 bridgehead atoms. The van der Waals surface area contributed by atoms with Gasteiger partial charge in [0, 0.05) is 12.6 Å². The summed E-state index contributed by atoms with van der Waals surface area (Å²) < 4.78 is 24.8. The Balaban J connectivity index is 2.58. The second kappa shape index (κ2) is 7.14. The van der Waals surface area contributed by atoms with Crippen molar-refractivity contribution in [3.05, 3.63) is 0 Å². The lowest BCUT2D eigenvalue weighted by molar-refractivity contribution is 0.000295. The molecular weight excluding hydrogens is 216 g/mol. The summed E-state index contributed by atoms with van der Waals surface area (Å²) in [7, 11) is 0. The number of nitrogens with zero attached hydrogens (tertiary/aromatic N) is 1. The molecule has 0 radical (unpaired) electrons. The largest absolute Gasteiger partial charge is 0.395 e. The van der Waals surface area contributed by atoms with E-state index in [-0.39, 0.29) is 25.7 Å². The molecule has 2 atom stereocenters. The first kappa shape index (κ1) is 13.8. The molecule has 1 rings (SSSR count). The SMILES string of the molecule is OCCN(CC(F)F)C1CCCCCC1O. The quantitative estimate of drug-likeness (QED) is 0.707. The van der Waals surface area contributed by atoms with E-state index >= 15 is 0 Å². The maximum Gasteiger partial charge on any atom is 0.251 e. The van der Waals surface area contributed by atoms with Crippen LogP contribution in [0.3, 0.4) is 0 Å². The molecular formula is C11H21F2NO2. The van der Waals surface area contributed by atoms with Gasteiger partial charge in [-0.05, 0) is 12.8 Å². The molecule has 0 aromatic carbocycles. The second-order valence-corrected chi connectivity index (χ2v) is 4.38. The van der Waals surface area contributed by atoms with Gasteiger partial charge in [0.05, 0.1) is 19.3 Å². The van der Waals surface area contributed by atoms with Crippen LogP contribution in [0.15, 0.2) is 0 Å². The van der Waals surface area contributed by atoms with Gasteiger partial charge in [-0.2, -0.15) is 0 Å². The van der Waals surface area contributed by atoms with Crippen LogP contribution in [0.25, 0.3) is 0 Å². The average molecular weight is 237 g/mol. The number of hydrogen-bond acceptors (Lipinski definition) is 3. The lowest BCUT2D eigenvalue weighted by Gasteiger charge is -2.33. The molecule has 3 nitrogen and oxygen atoms in total. The predicted octanol–water partition coefficient (Wildman–Crippen LogP) is 1.24. The van der Waals surface area contributed by atoms with Crippen molar-refractivity contribution in [2.24, 2.45) is 0 Å². The number of aliphatic hydroxyl groups is 2. The molecule has 96 valence electrons. The molecule has 0 aliphatic heterocycles. The van der Waals surface area contributed by atoms with Crippen LogP contribution in [0, 0.1) is 0 Å². The summed E-state index contributed by atoms with van der Waals surface area (Å²) in [5, 5.41) is 18.8. The van der Waals surface area contributed by atoms with Crippen LogP contribution in [0.4, 0.5) is 8.78 Å². The number of rotatable bonds is 5. The van der Waals surface area contributed by atoms with E-state index < -0.39 is 12.5 Å². The van der Waals surface area contributed by atoms with Gasteiger partial charge >= 0.3 is 0 Å². The van der Waals surface area contributed by atoms with Crippen molar-refractivity contribution < 1.29 is 19.0 Å². The Bertz CT molecular complexity index is 193. The Labute approximate surface area is 95.1 Å². The number of alkyl halides is 2. The zero-order valence-corrected chi connectivity index (χ0v) is 9.49. The molecule has 1 fully saturated rings. The zero-order valence-electron chi connectivity index (χ0n) is 9.49. The summed E-state index contributed by atoms with van der Waals surface area (Å²) in [4.78, 5) is 1.53. The van der Waals surface area contributed by atoms with Crippen LogP contribution in [0.2, 0.25) is 0 Å². The fraction of sp³-hybridized carbons (Fsp3) is 1.00. The van der Waals surface area contributed by atoms with Crippen LogP contribution in [0.5, 0.6) is 0 Å². The van der Waals surface area contributed by atoms with Crippen LogP contribution in [0.1, 0.15) is 32.1 Å². The Morgan fingerprint density at radius 1 is 1.19 bits per heavy atom. The first-order valence-electron chi connectivity index (χ1n) is 5.96. The Hall–Kier alpha value is -0.260. The molecule has 2 N–H and O–H groups in total. The van der Waals surface area contributed by atoms with Crippen molar-refractivity contribution in [2.75, 3.05) is 19.7 Å². The standard InChI is InChI=1S/C11H21F2NO2/c12-11(13)8-14(6-7-15)9-4-2-1-3-5-10(9)16/h9-11,15-16H,1-8H2. The summed E-state index contributed by atoms with van der Waals surface area (Å²) >= 11 is 0. The minimum absolute atomic E-state index is 0.143. The molecule has 16 heavy (non-hydrogen) atoms. The molecule has 0 heterocycles. The van der Waals surface area contributed by atoms with Crippen molar-refractivity contribution in [3.8, 4) is 0 Å². The lowest BCUT2D eigenvalue weighted by atomic mass is 10.0. The summed E-state index contributed by atoms with van der Waals surface area (Å²) in [5.74, 6) is 0. The van der Waals surface area contributed by atoms with E-state index in [0.717, 1.165) is 25.7 Å². The van der Waals surface area contributed by atoms with E-state index in [9.17, 15) is 13.9 Å². The Kier molecular flexibility index (Phi) is 6.16. The van der Waals surface area contributed by atoms with Crippen molar-refractivity contribution in [1.29, 1.82) is 0 Å². The highest BCUT2D eigenvalue weighted by atomic mass is 19.3. The van der Waals surface area contributed by atoms with Gasteiger partial charge in [0.25, 0.3) is 6.43 Å². The van der Waals surface area contributed by atoms with Crippen molar-refractivity contribution in [2.45, 2.75) is 50.7 Å². The van der Waals surface area contributed by atoms with Gasteiger partial charge in [-0.1, -0.05) is 19.3 Å². The normalized spacial score (nSPS) is 27.4. The Morgan fingerprint density at radius 2 is 1.88 bits per heavy atom. The topological polar surface area (TPSA) is 43.7 Å². The molecule has 5 heteroatoms. The number of aliphatic hydroxyl groups excluding tert-OH is 2. The van der Waals surface area contributed by atoms with Gasteiger partial charge in [0.2, 0.25) is 0 Å². The maximum atomic E-state index is 12.4. The van der Waals surface area contributed by atoms with Crippen LogP contribution >= 0.6 is 0 Å². The highest BCUT2D eigenvalue weighted by Gasteiger charge is 2.28. The van der Waals surface area contributed by atoms with Crippen LogP contribution < -0.4 is 0 Å². The predicted molar refractivity (Wildman–Crippen MR) is 57.5 cm³/mol. The van der Waals surface area contributed by atoms with Gasteiger partial charge in [0.15, 0.2) is 0 Å². The summed E-state index contributed by atoms with van der Waals surface area (Å²) in [6, 6.07) is -0.219. The molecule has 1 aliphatic carbocycles. The average Bonchev–Trinajstić information content (AvgIpc) is 2.41. The lowest BCUT2D eigenvalue weighted by Crippen LogP contribution is -2.46. The van der Waals surface area contributed by atoms with Gasteiger partial charge in [-0.25, -0.2) is 8.78 Å². The van der Waals surface area contributed by atoms with E-state index in [1.807, 2.05) is 0 Å². The van der Waals surface area contributed by atoms with Gasteiger partial charge < -0.3 is 10.2 Å². The highest BCUT2D eigenvalue weighted by Crippen LogP contribution is 2.23. The second-order valence-electron chi connectivity index (χ2n) is 4.38. The van der Waals surface area contributed by atoms with E-state index in [0.29, 0.717) is 6.42 Å². The molecule has 1 saturated carbocycles. The first-order chi connectivity index (χ1) is 7.65. The Morgan fingerprint density at radius 3 is 2.50 bits per heavy atom. The maximum absolute atomic E-state index is 12.4. The third-order valence-corrected chi connectivity index (χ3v) is 3.17. The third-order valence-electron chi connectivity index (χ3n) is 3.17. The molecule has 0 amide bonds. The zero-order chi connectivity index (χ0) is 12.0. The highest BCUT2D eigenvalue weighted by molar-refractivity contribution is 4.82. The number of hydrogen-bond donors (Lipinski definition) is 2. The first-order valence-corrected chi connectivity index (χ1v) is 5.96. The fourth-order valence-electron chi connectivity index (χ4n) is 2.39. The monoisotopic (exact) mass is 237 g/mol. The van der Waals surface area contributed by atoms with Gasteiger partial charge in [-0.3, -0.25) is 4.90 Å². The van der Waals surface area contributed by atoms with Crippen LogP contribution in [-0.2, 0) is 0 Å². The molecule has 1 aliphatic rings. The van der Waals surface area contributed by atoms with Crippen molar-refractivity contribution in [1.82, 2.24) is 4.90 Å². The number of halogens is 2. The minimum Gasteiger partial charge on any atom is -0.395 e. The summed E-state index contributed by atoms with van der Waals surface area (Å²) in [6.07, 6.45) is 1.44. The summed E-state index contributed by atoms with van der Waals surface area (Å²) in [5.41, 5.74) is 0. The minimum atomic E-state index is -2.41. The molecule has 0 aromatic rings. The van der Waals surface area contributed by atoms with Crippen LogP contribution in [-0.4, -0.2) is 53.4 Å². The summed E-state index contributed by atoms with van der Waals surface area (Å²) in [6.45, 7) is -0.287. The van der Waals surface area contributed by atoms with E-state index in [1.165, 1.54) is 4.90 Å².